The van der Waals surface area contributed by atoms with Crippen molar-refractivity contribution in [2.75, 3.05) is 5.32 Å². The minimum Gasteiger partial charge on any atom is -0.490 e. The fraction of sp³-hybridized carbons (Fsp3) is 0.435. The number of thiocarbonyl (C=S) groups is 1. The van der Waals surface area contributed by atoms with Gasteiger partial charge in [0.1, 0.15) is 5.75 Å². The lowest BCUT2D eigenvalue weighted by atomic mass is 9.97. The van der Waals surface area contributed by atoms with Crippen molar-refractivity contribution in [3.63, 3.8) is 0 Å². The molecule has 3 rings (SSSR count). The fourth-order valence-electron chi connectivity index (χ4n) is 3.58. The normalized spacial score (nSPS) is 15.5. The Hall–Kier alpha value is -2.07. The second-order valence-corrected chi connectivity index (χ2v) is 8.15. The molecule has 1 atom stereocenters. The first-order valence-corrected chi connectivity index (χ1v) is 10.4. The van der Waals surface area contributed by atoms with Gasteiger partial charge in [0.2, 0.25) is 0 Å². The summed E-state index contributed by atoms with van der Waals surface area (Å²) >= 11 is 5.56. The lowest BCUT2D eigenvalue weighted by molar-refractivity contribution is 0.210. The predicted octanol–water partition coefficient (Wildman–Crippen LogP) is 6.08. The largest absolute Gasteiger partial charge is 0.490 e. The van der Waals surface area contributed by atoms with E-state index in [0.29, 0.717) is 17.1 Å². The van der Waals surface area contributed by atoms with E-state index in [0.717, 1.165) is 17.9 Å². The van der Waals surface area contributed by atoms with Crippen molar-refractivity contribution in [3.8, 4) is 5.75 Å². The number of hydrogen-bond donors (Lipinski definition) is 2. The Balaban J connectivity index is 1.56. The van der Waals surface area contributed by atoms with E-state index >= 15 is 0 Å². The van der Waals surface area contributed by atoms with Crippen LogP contribution in [-0.2, 0) is 0 Å². The van der Waals surface area contributed by atoms with Crippen LogP contribution in [-0.4, -0.2) is 11.2 Å². The molecule has 1 aliphatic rings. The number of ether oxygens (including phenoxy) is 1. The molecule has 0 aliphatic heterocycles. The molecule has 2 aromatic carbocycles. The summed E-state index contributed by atoms with van der Waals surface area (Å²) in [4.78, 5) is 0. The molecule has 1 aliphatic carbocycles. The van der Waals surface area contributed by atoms with Gasteiger partial charge in [0.05, 0.1) is 12.1 Å². The molecule has 3 nitrogen and oxygen atoms in total. The maximum Gasteiger partial charge on any atom is 0.171 e. The van der Waals surface area contributed by atoms with Crippen LogP contribution >= 0.6 is 12.2 Å². The van der Waals surface area contributed by atoms with Gasteiger partial charge >= 0.3 is 0 Å². The molecule has 1 saturated carbocycles. The molecule has 0 bridgehead atoms. The van der Waals surface area contributed by atoms with Crippen LogP contribution in [0.4, 0.5) is 5.69 Å². The minimum atomic E-state index is 0.205. The highest BCUT2D eigenvalue weighted by atomic mass is 32.1. The molecule has 27 heavy (non-hydrogen) atoms. The molecular formula is C23H30N2OS. The average Bonchev–Trinajstić information content (AvgIpc) is 3.16. The van der Waals surface area contributed by atoms with Gasteiger partial charge in [0.25, 0.3) is 0 Å². The number of benzene rings is 2. The second kappa shape index (κ2) is 9.75. The third kappa shape index (κ3) is 6.24. The van der Waals surface area contributed by atoms with E-state index in [-0.39, 0.29) is 6.04 Å². The Morgan fingerprint density at radius 3 is 2.33 bits per heavy atom. The van der Waals surface area contributed by atoms with Gasteiger partial charge in [-0.25, -0.2) is 0 Å². The lowest BCUT2D eigenvalue weighted by Gasteiger charge is -2.23. The van der Waals surface area contributed by atoms with Crippen LogP contribution in [0.25, 0.3) is 0 Å². The third-order valence-electron chi connectivity index (χ3n) is 4.93. The SMILES string of the molecule is CC(C)C[C@H](NC(=S)Nc1ccc(OC2CCCC2)cc1)c1ccccc1. The van der Waals surface area contributed by atoms with Gasteiger partial charge in [-0.1, -0.05) is 44.2 Å². The summed E-state index contributed by atoms with van der Waals surface area (Å²) in [5.41, 5.74) is 2.23. The van der Waals surface area contributed by atoms with Crippen molar-refractivity contribution in [3.05, 3.63) is 60.2 Å². The molecular weight excluding hydrogens is 352 g/mol. The summed E-state index contributed by atoms with van der Waals surface area (Å²) in [5, 5.41) is 7.42. The molecule has 0 saturated heterocycles. The topological polar surface area (TPSA) is 33.3 Å². The predicted molar refractivity (Wildman–Crippen MR) is 117 cm³/mol. The first-order chi connectivity index (χ1) is 13.1. The summed E-state index contributed by atoms with van der Waals surface area (Å²) in [6.07, 6.45) is 6.32. The molecule has 2 N–H and O–H groups in total. The molecule has 0 spiro atoms. The number of anilines is 1. The van der Waals surface area contributed by atoms with E-state index in [9.17, 15) is 0 Å². The Morgan fingerprint density at radius 2 is 1.70 bits per heavy atom. The van der Waals surface area contributed by atoms with E-state index in [1.807, 2.05) is 30.3 Å². The van der Waals surface area contributed by atoms with Gasteiger partial charge in [-0.15, -0.1) is 0 Å². The molecule has 0 unspecified atom stereocenters. The number of nitrogens with one attached hydrogen (secondary N) is 2. The second-order valence-electron chi connectivity index (χ2n) is 7.74. The number of rotatable bonds is 7. The monoisotopic (exact) mass is 382 g/mol. The van der Waals surface area contributed by atoms with Crippen molar-refractivity contribution in [1.82, 2.24) is 5.32 Å². The van der Waals surface area contributed by atoms with E-state index in [4.69, 9.17) is 17.0 Å². The highest BCUT2D eigenvalue weighted by molar-refractivity contribution is 7.80. The zero-order valence-electron chi connectivity index (χ0n) is 16.3. The smallest absolute Gasteiger partial charge is 0.171 e. The molecule has 4 heteroatoms. The van der Waals surface area contributed by atoms with Crippen LogP contribution in [0.2, 0.25) is 0 Å². The average molecular weight is 383 g/mol. The van der Waals surface area contributed by atoms with Gasteiger partial charge in [-0.2, -0.15) is 0 Å². The first-order valence-electron chi connectivity index (χ1n) is 9.99. The van der Waals surface area contributed by atoms with Crippen molar-refractivity contribution in [1.29, 1.82) is 0 Å². The molecule has 1 fully saturated rings. The van der Waals surface area contributed by atoms with E-state index in [2.05, 4.69) is 48.7 Å². The Morgan fingerprint density at radius 1 is 1.04 bits per heavy atom. The summed E-state index contributed by atoms with van der Waals surface area (Å²) in [5.74, 6) is 1.52. The highest BCUT2D eigenvalue weighted by Gasteiger charge is 2.17. The summed E-state index contributed by atoms with van der Waals surface area (Å²) in [6, 6.07) is 18.8. The van der Waals surface area contributed by atoms with Crippen molar-refractivity contribution in [2.45, 2.75) is 58.1 Å². The standard InChI is InChI=1S/C23H30N2OS/c1-17(2)16-22(18-8-4-3-5-9-18)25-23(27)24-19-12-14-21(15-13-19)26-20-10-6-7-11-20/h3-5,8-9,12-15,17,20,22H,6-7,10-11,16H2,1-2H3,(H2,24,25,27)/t22-/m0/s1. The molecule has 0 amide bonds. The molecule has 0 radical (unpaired) electrons. The van der Waals surface area contributed by atoms with Gasteiger partial charge < -0.3 is 15.4 Å². The van der Waals surface area contributed by atoms with Crippen LogP contribution in [0.5, 0.6) is 5.75 Å². The zero-order chi connectivity index (χ0) is 19.1. The Kier molecular flexibility index (Phi) is 7.11. The Bertz CT molecular complexity index is 709. The van der Waals surface area contributed by atoms with Crippen LogP contribution in [0.1, 0.15) is 57.6 Å². The summed E-state index contributed by atoms with van der Waals surface area (Å²) in [6.45, 7) is 4.47. The van der Waals surface area contributed by atoms with Crippen LogP contribution < -0.4 is 15.4 Å². The van der Waals surface area contributed by atoms with E-state index in [1.165, 1.54) is 31.2 Å². The van der Waals surface area contributed by atoms with Gasteiger partial charge in [-0.05, 0) is 80.1 Å². The first kappa shape index (κ1) is 19.7. The fourth-order valence-corrected chi connectivity index (χ4v) is 3.84. The number of hydrogen-bond acceptors (Lipinski definition) is 2. The van der Waals surface area contributed by atoms with Crippen LogP contribution in [0.15, 0.2) is 54.6 Å². The molecule has 144 valence electrons. The maximum atomic E-state index is 6.03. The maximum absolute atomic E-state index is 6.03. The van der Waals surface area contributed by atoms with Gasteiger partial charge in [-0.3, -0.25) is 0 Å². The minimum absolute atomic E-state index is 0.205. The molecule has 0 heterocycles. The Labute approximate surface area is 168 Å². The highest BCUT2D eigenvalue weighted by Crippen LogP contribution is 2.25. The lowest BCUT2D eigenvalue weighted by Crippen LogP contribution is -2.33. The molecule has 2 aromatic rings. The van der Waals surface area contributed by atoms with Crippen molar-refractivity contribution < 1.29 is 4.74 Å². The summed E-state index contributed by atoms with van der Waals surface area (Å²) in [7, 11) is 0. The van der Waals surface area contributed by atoms with Gasteiger partial charge in [0, 0.05) is 5.69 Å². The van der Waals surface area contributed by atoms with Crippen molar-refractivity contribution in [2.24, 2.45) is 5.92 Å². The van der Waals surface area contributed by atoms with Crippen LogP contribution in [0.3, 0.4) is 0 Å². The quantitative estimate of drug-likeness (QED) is 0.568. The zero-order valence-corrected chi connectivity index (χ0v) is 17.1. The summed E-state index contributed by atoms with van der Waals surface area (Å²) < 4.78 is 6.03. The third-order valence-corrected chi connectivity index (χ3v) is 5.15. The van der Waals surface area contributed by atoms with E-state index < -0.39 is 0 Å². The molecule has 0 aromatic heterocycles. The van der Waals surface area contributed by atoms with Crippen molar-refractivity contribution >= 4 is 23.0 Å². The van der Waals surface area contributed by atoms with Crippen LogP contribution in [0, 0.1) is 5.92 Å². The van der Waals surface area contributed by atoms with Gasteiger partial charge in [0.15, 0.2) is 5.11 Å². The van der Waals surface area contributed by atoms with E-state index in [1.54, 1.807) is 0 Å².